The van der Waals surface area contributed by atoms with E-state index >= 15 is 0 Å². The van der Waals surface area contributed by atoms with Crippen LogP contribution in [0, 0.1) is 0 Å². The molecule has 4 heteroatoms. The second-order valence-corrected chi connectivity index (χ2v) is 15.1. The van der Waals surface area contributed by atoms with Crippen molar-refractivity contribution >= 4 is 53.4 Å². The minimum absolute atomic E-state index is 0.668. The molecule has 0 heterocycles. The van der Waals surface area contributed by atoms with Gasteiger partial charge in [-0.15, -0.1) is 0 Å². The van der Waals surface area contributed by atoms with Gasteiger partial charge in [0.05, 0.1) is 0 Å². The Labute approximate surface area is 199 Å². The molecule has 0 aromatic heterocycles. The molecule has 4 aromatic carbocycles. The molecule has 0 aliphatic heterocycles. The molecule has 4 aromatic rings. The number of benzene rings is 4. The first-order chi connectivity index (χ1) is 14.6. The van der Waals surface area contributed by atoms with Gasteiger partial charge in [0.15, 0.2) is 0 Å². The van der Waals surface area contributed by atoms with Crippen LogP contribution in [0.25, 0.3) is 38.7 Å². The molecule has 0 fully saturated rings. The standard InChI is InChI=1S/C26H24Si.2ClH.Zr/c1-17-15-24-22(13-8-14-23(24)26(17)27(2)3)25-20-11-6-4-9-18(20)16-19-10-5-7-12-21(19)25;;;/h4-16,26-27H,1-3H3;2*1H;/q;;;+2/p-2. The van der Waals surface area contributed by atoms with Crippen LogP contribution in [-0.2, 0) is 20.8 Å². The van der Waals surface area contributed by atoms with Gasteiger partial charge in [-0.25, -0.2) is 0 Å². The molecule has 1 aliphatic carbocycles. The van der Waals surface area contributed by atoms with E-state index in [9.17, 15) is 0 Å². The van der Waals surface area contributed by atoms with Gasteiger partial charge in [-0.2, -0.15) is 0 Å². The van der Waals surface area contributed by atoms with Crippen molar-refractivity contribution in [3.63, 3.8) is 0 Å². The summed E-state index contributed by atoms with van der Waals surface area (Å²) in [4.78, 5) is 0. The number of allylic oxidation sites excluding steroid dienone is 1. The molecule has 30 heavy (non-hydrogen) atoms. The van der Waals surface area contributed by atoms with E-state index < -0.39 is 29.6 Å². The molecule has 0 spiro atoms. The number of fused-ring (bicyclic) bond motifs is 3. The van der Waals surface area contributed by atoms with Gasteiger partial charge in [-0.05, 0) is 62.3 Å². The van der Waals surface area contributed by atoms with Crippen LogP contribution < -0.4 is 0 Å². The molecule has 0 N–H and O–H groups in total. The van der Waals surface area contributed by atoms with Crippen LogP contribution in [0.5, 0.6) is 0 Å². The zero-order valence-electron chi connectivity index (χ0n) is 17.4. The summed E-state index contributed by atoms with van der Waals surface area (Å²) in [5, 5.41) is 5.33. The van der Waals surface area contributed by atoms with Crippen molar-refractivity contribution in [3.05, 3.63) is 89.5 Å². The number of rotatable bonds is 2. The Hall–Kier alpha value is -1.18. The minimum atomic E-state index is -0.826. The molecular weight excluding hydrogens is 503 g/mol. The SMILES string of the molecule is CC1=Cc2c(-c3c4ccccc4cc4ccccc34)cccc2C1[SiH](C)C.[Cl][Zr][Cl]. The van der Waals surface area contributed by atoms with E-state index in [0.29, 0.717) is 5.54 Å². The monoisotopic (exact) mass is 524 g/mol. The molecule has 150 valence electrons. The van der Waals surface area contributed by atoms with Crippen molar-refractivity contribution in [1.29, 1.82) is 0 Å². The second kappa shape index (κ2) is 9.53. The summed E-state index contributed by atoms with van der Waals surface area (Å²) in [6.07, 6.45) is 2.46. The fraction of sp³-hybridized carbons (Fsp3) is 0.154. The van der Waals surface area contributed by atoms with E-state index in [-0.39, 0.29) is 0 Å². The zero-order valence-corrected chi connectivity index (χ0v) is 22.5. The Bertz CT molecular complexity index is 1190. The summed E-state index contributed by atoms with van der Waals surface area (Å²) in [5.74, 6) is 0. The Morgan fingerprint density at radius 2 is 1.37 bits per heavy atom. The molecule has 1 unspecified atom stereocenters. The zero-order chi connectivity index (χ0) is 21.3. The molecule has 5 rings (SSSR count). The number of hydrogen-bond donors (Lipinski definition) is 0. The summed E-state index contributed by atoms with van der Waals surface area (Å²) in [6, 6.07) is 26.9. The van der Waals surface area contributed by atoms with Gasteiger partial charge in [0.25, 0.3) is 0 Å². The van der Waals surface area contributed by atoms with Crippen molar-refractivity contribution in [3.8, 4) is 11.1 Å². The van der Waals surface area contributed by atoms with E-state index in [1.165, 1.54) is 38.2 Å². The Morgan fingerprint density at radius 3 is 1.93 bits per heavy atom. The van der Waals surface area contributed by atoms with Crippen LogP contribution in [-0.4, -0.2) is 8.80 Å². The summed E-state index contributed by atoms with van der Waals surface area (Å²) < 4.78 is 0. The number of hydrogen-bond acceptors (Lipinski definition) is 0. The Kier molecular flexibility index (Phi) is 7.00. The van der Waals surface area contributed by atoms with Crippen molar-refractivity contribution in [1.82, 2.24) is 0 Å². The van der Waals surface area contributed by atoms with Gasteiger partial charge >= 0.3 is 37.9 Å². The summed E-state index contributed by atoms with van der Waals surface area (Å²) in [6.45, 7) is 7.26. The van der Waals surface area contributed by atoms with Crippen molar-refractivity contribution in [2.45, 2.75) is 25.6 Å². The van der Waals surface area contributed by atoms with E-state index in [4.69, 9.17) is 17.0 Å². The molecule has 0 saturated carbocycles. The van der Waals surface area contributed by atoms with Gasteiger partial charge in [0.2, 0.25) is 0 Å². The maximum absolute atomic E-state index is 4.93. The van der Waals surface area contributed by atoms with Gasteiger partial charge in [0, 0.05) is 8.80 Å². The molecule has 1 atom stereocenters. The first kappa shape index (κ1) is 22.0. The van der Waals surface area contributed by atoms with Crippen LogP contribution in [0.3, 0.4) is 0 Å². The number of halogens is 2. The third-order valence-electron chi connectivity index (χ3n) is 6.04. The third kappa shape index (κ3) is 4.00. The molecule has 0 amide bonds. The van der Waals surface area contributed by atoms with Crippen LogP contribution in [0.1, 0.15) is 23.6 Å². The molecular formula is C26H24Cl2SiZr. The predicted octanol–water partition coefficient (Wildman–Crippen LogP) is 8.56. The fourth-order valence-corrected chi connectivity index (χ4v) is 7.14. The second-order valence-electron chi connectivity index (χ2n) is 8.18. The maximum atomic E-state index is 4.93. The topological polar surface area (TPSA) is 0 Å². The average molecular weight is 527 g/mol. The average Bonchev–Trinajstić information content (AvgIpc) is 3.09. The summed E-state index contributed by atoms with van der Waals surface area (Å²) in [7, 11) is 9.07. The third-order valence-corrected chi connectivity index (χ3v) is 8.26. The van der Waals surface area contributed by atoms with E-state index in [1.54, 1.807) is 11.1 Å². The van der Waals surface area contributed by atoms with E-state index in [2.05, 4.69) is 98.9 Å². The molecule has 0 nitrogen and oxygen atoms in total. The summed E-state index contributed by atoms with van der Waals surface area (Å²) in [5.41, 5.74) is 7.98. The predicted molar refractivity (Wildman–Crippen MR) is 134 cm³/mol. The van der Waals surface area contributed by atoms with E-state index in [1.807, 2.05) is 0 Å². The molecule has 0 bridgehead atoms. The van der Waals surface area contributed by atoms with Crippen LogP contribution >= 0.6 is 17.0 Å². The van der Waals surface area contributed by atoms with Gasteiger partial charge in [-0.1, -0.05) is 91.5 Å². The van der Waals surface area contributed by atoms with Crippen LogP contribution in [0.2, 0.25) is 13.1 Å². The Morgan fingerprint density at radius 1 is 0.800 bits per heavy atom. The molecule has 0 radical (unpaired) electrons. The van der Waals surface area contributed by atoms with Crippen molar-refractivity contribution in [2.24, 2.45) is 0 Å². The normalized spacial score (nSPS) is 15.0. The first-order valence-electron chi connectivity index (χ1n) is 10.2. The first-order valence-corrected chi connectivity index (χ1v) is 19.6. The van der Waals surface area contributed by atoms with Gasteiger partial charge in [0.1, 0.15) is 0 Å². The quantitative estimate of drug-likeness (QED) is 0.181. The molecule has 1 aliphatic rings. The van der Waals surface area contributed by atoms with E-state index in [0.717, 1.165) is 0 Å². The van der Waals surface area contributed by atoms with Crippen molar-refractivity contribution < 1.29 is 20.8 Å². The molecule has 0 saturated heterocycles. The van der Waals surface area contributed by atoms with Crippen LogP contribution in [0.4, 0.5) is 0 Å². The Balaban J connectivity index is 0.000000687. The summed E-state index contributed by atoms with van der Waals surface area (Å²) >= 11 is -0.826. The fourth-order valence-electron chi connectivity index (χ4n) is 4.98. The van der Waals surface area contributed by atoms with Crippen LogP contribution in [0.15, 0.2) is 78.4 Å². The van der Waals surface area contributed by atoms with Gasteiger partial charge in [-0.3, -0.25) is 0 Å². The van der Waals surface area contributed by atoms with Gasteiger partial charge < -0.3 is 0 Å². The van der Waals surface area contributed by atoms with Crippen molar-refractivity contribution in [2.75, 3.05) is 0 Å².